The Morgan fingerprint density at radius 3 is 2.45 bits per heavy atom. The van der Waals surface area contributed by atoms with Crippen molar-refractivity contribution < 1.29 is 18.7 Å². The van der Waals surface area contributed by atoms with Crippen molar-refractivity contribution in [2.75, 3.05) is 18.4 Å². The molecule has 2 amide bonds. The summed E-state index contributed by atoms with van der Waals surface area (Å²) in [6.07, 6.45) is 3.02. The van der Waals surface area contributed by atoms with Gasteiger partial charge in [-0.05, 0) is 61.4 Å². The van der Waals surface area contributed by atoms with Gasteiger partial charge in [0.15, 0.2) is 5.76 Å². The van der Waals surface area contributed by atoms with Gasteiger partial charge in [0, 0.05) is 18.8 Å². The number of carbonyl (C=O) groups is 2. The molecule has 0 aliphatic carbocycles. The van der Waals surface area contributed by atoms with Gasteiger partial charge < -0.3 is 19.4 Å². The number of amides is 2. The van der Waals surface area contributed by atoms with Crippen LogP contribution < -0.4 is 10.1 Å². The molecular weight excluding hydrogens is 368 g/mol. The number of ether oxygens (including phenoxy) is 1. The highest BCUT2D eigenvalue weighted by Crippen LogP contribution is 2.24. The Bertz CT molecular complexity index is 952. The molecule has 6 heteroatoms. The molecule has 0 spiro atoms. The standard InChI is InChI=1S/C23H22N2O4/c26-22(17-6-4-14-25(16-17)23(27)21-9-5-15-28-21)24-18-10-12-20(13-11-18)29-19-7-2-1-3-8-19/h1-3,5,7-13,15,17H,4,6,14,16H2,(H,24,26). The Kier molecular flexibility index (Phi) is 5.61. The van der Waals surface area contributed by atoms with E-state index >= 15 is 0 Å². The quantitative estimate of drug-likeness (QED) is 0.693. The third kappa shape index (κ3) is 4.66. The molecule has 0 saturated carbocycles. The fourth-order valence-electron chi connectivity index (χ4n) is 3.41. The predicted octanol–water partition coefficient (Wildman–Crippen LogP) is 4.56. The third-order valence-corrected chi connectivity index (χ3v) is 4.91. The van der Waals surface area contributed by atoms with Crippen molar-refractivity contribution in [3.63, 3.8) is 0 Å². The van der Waals surface area contributed by atoms with E-state index < -0.39 is 0 Å². The maximum absolute atomic E-state index is 12.7. The third-order valence-electron chi connectivity index (χ3n) is 4.91. The number of benzene rings is 2. The van der Waals surface area contributed by atoms with Crippen LogP contribution in [0.1, 0.15) is 23.4 Å². The number of hydrogen-bond donors (Lipinski definition) is 1. The van der Waals surface area contributed by atoms with E-state index in [1.165, 1.54) is 6.26 Å². The number of anilines is 1. The lowest BCUT2D eigenvalue weighted by Crippen LogP contribution is -2.43. The molecule has 1 N–H and O–H groups in total. The minimum Gasteiger partial charge on any atom is -0.459 e. The van der Waals surface area contributed by atoms with E-state index in [0.29, 0.717) is 30.3 Å². The number of nitrogens with one attached hydrogen (secondary N) is 1. The van der Waals surface area contributed by atoms with Gasteiger partial charge in [-0.25, -0.2) is 0 Å². The summed E-state index contributed by atoms with van der Waals surface area (Å²) in [5.41, 5.74) is 0.699. The Balaban J connectivity index is 1.34. The predicted molar refractivity (Wildman–Crippen MR) is 109 cm³/mol. The highest BCUT2D eigenvalue weighted by molar-refractivity contribution is 5.95. The highest BCUT2D eigenvalue weighted by atomic mass is 16.5. The monoisotopic (exact) mass is 390 g/mol. The molecule has 148 valence electrons. The number of hydrogen-bond acceptors (Lipinski definition) is 4. The first kappa shape index (κ1) is 18.8. The van der Waals surface area contributed by atoms with E-state index in [4.69, 9.17) is 9.15 Å². The fourth-order valence-corrected chi connectivity index (χ4v) is 3.41. The summed E-state index contributed by atoms with van der Waals surface area (Å²) >= 11 is 0. The van der Waals surface area contributed by atoms with E-state index in [9.17, 15) is 9.59 Å². The van der Waals surface area contributed by atoms with Gasteiger partial charge in [0.25, 0.3) is 5.91 Å². The van der Waals surface area contributed by atoms with Crippen LogP contribution in [0, 0.1) is 5.92 Å². The number of piperidine rings is 1. The van der Waals surface area contributed by atoms with Crippen LogP contribution in [0.3, 0.4) is 0 Å². The van der Waals surface area contributed by atoms with E-state index in [1.807, 2.05) is 54.6 Å². The Hall–Kier alpha value is -3.54. The molecule has 1 aromatic heterocycles. The fraction of sp³-hybridized carbons (Fsp3) is 0.217. The lowest BCUT2D eigenvalue weighted by atomic mass is 9.96. The summed E-state index contributed by atoms with van der Waals surface area (Å²) in [4.78, 5) is 26.8. The maximum atomic E-state index is 12.7. The first-order valence-corrected chi connectivity index (χ1v) is 9.65. The van der Waals surface area contributed by atoms with Gasteiger partial charge >= 0.3 is 0 Å². The number of para-hydroxylation sites is 1. The van der Waals surface area contributed by atoms with Crippen LogP contribution in [0.4, 0.5) is 5.69 Å². The Morgan fingerprint density at radius 1 is 0.966 bits per heavy atom. The second-order valence-electron chi connectivity index (χ2n) is 7.00. The van der Waals surface area contributed by atoms with Crippen molar-refractivity contribution in [2.24, 2.45) is 5.92 Å². The van der Waals surface area contributed by atoms with Gasteiger partial charge in [-0.3, -0.25) is 9.59 Å². The zero-order valence-corrected chi connectivity index (χ0v) is 15.9. The minimum atomic E-state index is -0.247. The highest BCUT2D eigenvalue weighted by Gasteiger charge is 2.29. The molecule has 1 unspecified atom stereocenters. The minimum absolute atomic E-state index is 0.0846. The van der Waals surface area contributed by atoms with Crippen LogP contribution in [0.25, 0.3) is 0 Å². The smallest absolute Gasteiger partial charge is 0.289 e. The molecule has 1 saturated heterocycles. The molecule has 2 heterocycles. The molecule has 0 radical (unpaired) electrons. The van der Waals surface area contributed by atoms with Gasteiger partial charge in [-0.2, -0.15) is 0 Å². The molecule has 4 rings (SSSR count). The summed E-state index contributed by atoms with van der Waals surface area (Å²) in [6.45, 7) is 1.02. The second kappa shape index (κ2) is 8.65. The number of nitrogens with zero attached hydrogens (tertiary/aromatic N) is 1. The van der Waals surface area contributed by atoms with Crippen LogP contribution >= 0.6 is 0 Å². The SMILES string of the molecule is O=C(Nc1ccc(Oc2ccccc2)cc1)C1CCCN(C(=O)c2ccco2)C1. The van der Waals surface area contributed by atoms with E-state index in [1.54, 1.807) is 17.0 Å². The Labute approximate surface area is 169 Å². The van der Waals surface area contributed by atoms with Crippen LogP contribution in [-0.2, 0) is 4.79 Å². The summed E-state index contributed by atoms with van der Waals surface area (Å²) in [7, 11) is 0. The molecule has 1 fully saturated rings. The first-order valence-electron chi connectivity index (χ1n) is 9.65. The van der Waals surface area contributed by atoms with E-state index in [-0.39, 0.29) is 17.7 Å². The van der Waals surface area contributed by atoms with Gasteiger partial charge in [-0.1, -0.05) is 18.2 Å². The average Bonchev–Trinajstić information content (AvgIpc) is 3.30. The summed E-state index contributed by atoms with van der Waals surface area (Å²) < 4.78 is 11.0. The average molecular weight is 390 g/mol. The number of carbonyl (C=O) groups excluding carboxylic acids is 2. The van der Waals surface area contributed by atoms with E-state index in [2.05, 4.69) is 5.32 Å². The summed E-state index contributed by atoms with van der Waals surface area (Å²) in [6, 6.07) is 20.1. The number of likely N-dealkylation sites (tertiary alicyclic amines) is 1. The second-order valence-corrected chi connectivity index (χ2v) is 7.00. The summed E-state index contributed by atoms with van der Waals surface area (Å²) in [5, 5.41) is 2.94. The zero-order chi connectivity index (χ0) is 20.1. The van der Waals surface area contributed by atoms with Crippen molar-refractivity contribution in [1.29, 1.82) is 0 Å². The maximum Gasteiger partial charge on any atom is 0.289 e. The molecule has 29 heavy (non-hydrogen) atoms. The molecule has 1 atom stereocenters. The normalized spacial score (nSPS) is 16.3. The molecule has 0 bridgehead atoms. The number of furan rings is 1. The van der Waals surface area contributed by atoms with Gasteiger partial charge in [-0.15, -0.1) is 0 Å². The van der Waals surface area contributed by atoms with Crippen LogP contribution in [0.5, 0.6) is 11.5 Å². The molecular formula is C23H22N2O4. The van der Waals surface area contributed by atoms with Gasteiger partial charge in [0.2, 0.25) is 5.91 Å². The zero-order valence-electron chi connectivity index (χ0n) is 15.9. The van der Waals surface area contributed by atoms with Crippen molar-refractivity contribution in [3.05, 3.63) is 78.8 Å². The van der Waals surface area contributed by atoms with Crippen LogP contribution in [0.2, 0.25) is 0 Å². The first-order chi connectivity index (χ1) is 14.2. The Morgan fingerprint density at radius 2 is 1.72 bits per heavy atom. The molecule has 1 aliphatic rings. The molecule has 6 nitrogen and oxygen atoms in total. The van der Waals surface area contributed by atoms with Crippen molar-refractivity contribution in [2.45, 2.75) is 12.8 Å². The van der Waals surface area contributed by atoms with Crippen LogP contribution in [-0.4, -0.2) is 29.8 Å². The van der Waals surface area contributed by atoms with E-state index in [0.717, 1.165) is 18.6 Å². The van der Waals surface area contributed by atoms with Crippen molar-refractivity contribution in [1.82, 2.24) is 4.90 Å². The largest absolute Gasteiger partial charge is 0.459 e. The number of rotatable bonds is 5. The van der Waals surface area contributed by atoms with Crippen molar-refractivity contribution in [3.8, 4) is 11.5 Å². The van der Waals surface area contributed by atoms with Gasteiger partial charge in [0.05, 0.1) is 12.2 Å². The lowest BCUT2D eigenvalue weighted by molar-refractivity contribution is -0.121. The molecule has 1 aliphatic heterocycles. The molecule has 2 aromatic carbocycles. The molecule has 3 aromatic rings. The topological polar surface area (TPSA) is 71.8 Å². The van der Waals surface area contributed by atoms with Crippen molar-refractivity contribution >= 4 is 17.5 Å². The lowest BCUT2D eigenvalue weighted by Gasteiger charge is -2.31. The summed E-state index contributed by atoms with van der Waals surface area (Å²) in [5.74, 6) is 1.26. The van der Waals surface area contributed by atoms with Gasteiger partial charge in [0.1, 0.15) is 11.5 Å². The van der Waals surface area contributed by atoms with Crippen LogP contribution in [0.15, 0.2) is 77.4 Å².